The van der Waals surface area contributed by atoms with Crippen LogP contribution in [0.5, 0.6) is 0 Å². The van der Waals surface area contributed by atoms with Gasteiger partial charge in [-0.25, -0.2) is 0 Å². The van der Waals surface area contributed by atoms with Crippen molar-refractivity contribution in [3.63, 3.8) is 0 Å². The molecule has 0 aromatic heterocycles. The SMILES string of the molecule is O=C1CCCN1C(F)(F)F. The smallest absolute Gasteiger partial charge is 0.275 e. The lowest BCUT2D eigenvalue weighted by molar-refractivity contribution is -0.234. The first-order valence-corrected chi connectivity index (χ1v) is 2.89. The van der Waals surface area contributed by atoms with Gasteiger partial charge in [0.05, 0.1) is 0 Å². The third kappa shape index (κ3) is 1.22. The minimum absolute atomic E-state index is 0.0273. The molecule has 0 aromatic carbocycles. The summed E-state index contributed by atoms with van der Waals surface area (Å²) in [6, 6.07) is 0. The van der Waals surface area contributed by atoms with Crippen LogP contribution in [0.1, 0.15) is 12.8 Å². The summed E-state index contributed by atoms with van der Waals surface area (Å²) in [7, 11) is 0. The minimum Gasteiger partial charge on any atom is -0.275 e. The molecule has 58 valence electrons. The fourth-order valence-electron chi connectivity index (χ4n) is 0.916. The predicted molar refractivity (Wildman–Crippen MR) is 27.0 cm³/mol. The van der Waals surface area contributed by atoms with E-state index in [4.69, 9.17) is 0 Å². The van der Waals surface area contributed by atoms with Crippen LogP contribution in [0.4, 0.5) is 13.2 Å². The molecule has 1 fully saturated rings. The summed E-state index contributed by atoms with van der Waals surface area (Å²) in [6.07, 6.45) is -4.12. The van der Waals surface area contributed by atoms with Crippen LogP contribution in [-0.4, -0.2) is 23.7 Å². The van der Waals surface area contributed by atoms with Gasteiger partial charge in [-0.15, -0.1) is 13.2 Å². The molecule has 0 spiro atoms. The molecule has 0 bridgehead atoms. The van der Waals surface area contributed by atoms with Crippen LogP contribution in [0.3, 0.4) is 0 Å². The van der Waals surface area contributed by atoms with Gasteiger partial charge in [0.2, 0.25) is 5.91 Å². The quantitative estimate of drug-likeness (QED) is 0.477. The molecule has 0 aliphatic carbocycles. The predicted octanol–water partition coefficient (Wildman–Crippen LogP) is 1.13. The monoisotopic (exact) mass is 153 g/mol. The Morgan fingerprint density at radius 2 is 2.00 bits per heavy atom. The third-order valence-electron chi connectivity index (χ3n) is 1.38. The highest BCUT2D eigenvalue weighted by molar-refractivity contribution is 5.78. The van der Waals surface area contributed by atoms with E-state index in [2.05, 4.69) is 0 Å². The molecule has 1 saturated heterocycles. The Morgan fingerprint density at radius 1 is 1.40 bits per heavy atom. The zero-order valence-corrected chi connectivity index (χ0v) is 5.11. The van der Waals surface area contributed by atoms with Crippen molar-refractivity contribution in [1.29, 1.82) is 0 Å². The molecule has 1 heterocycles. The lowest BCUT2D eigenvalue weighted by Gasteiger charge is -2.17. The molecule has 10 heavy (non-hydrogen) atoms. The molecule has 1 aliphatic heterocycles. The van der Waals surface area contributed by atoms with E-state index in [-0.39, 0.29) is 17.9 Å². The fraction of sp³-hybridized carbons (Fsp3) is 0.800. The van der Waals surface area contributed by atoms with Crippen molar-refractivity contribution < 1.29 is 18.0 Å². The van der Waals surface area contributed by atoms with Gasteiger partial charge in [-0.3, -0.25) is 9.69 Å². The van der Waals surface area contributed by atoms with Gasteiger partial charge in [-0.2, -0.15) is 0 Å². The lowest BCUT2D eigenvalue weighted by atomic mass is 10.4. The van der Waals surface area contributed by atoms with Gasteiger partial charge in [0, 0.05) is 13.0 Å². The van der Waals surface area contributed by atoms with Gasteiger partial charge < -0.3 is 0 Å². The molecular formula is C5H6F3NO. The summed E-state index contributed by atoms with van der Waals surface area (Å²) in [5, 5.41) is 0. The molecular weight excluding hydrogens is 147 g/mol. The summed E-state index contributed by atoms with van der Waals surface area (Å²) in [5.41, 5.74) is 0. The van der Waals surface area contributed by atoms with Crippen LogP contribution in [0, 0.1) is 0 Å². The number of alkyl halides is 3. The lowest BCUT2D eigenvalue weighted by Crippen LogP contribution is -2.38. The molecule has 0 atom stereocenters. The Morgan fingerprint density at radius 3 is 2.20 bits per heavy atom. The van der Waals surface area contributed by atoms with Gasteiger partial charge in [0.25, 0.3) is 0 Å². The van der Waals surface area contributed by atoms with E-state index in [0.717, 1.165) is 0 Å². The van der Waals surface area contributed by atoms with Gasteiger partial charge in [0.1, 0.15) is 0 Å². The molecule has 0 unspecified atom stereocenters. The number of hydrogen-bond donors (Lipinski definition) is 0. The molecule has 0 N–H and O–H groups in total. The van der Waals surface area contributed by atoms with Crippen LogP contribution in [-0.2, 0) is 4.79 Å². The van der Waals surface area contributed by atoms with Crippen molar-refractivity contribution in [1.82, 2.24) is 4.90 Å². The largest absolute Gasteiger partial charge is 0.487 e. The number of carbonyl (C=O) groups excluding carboxylic acids is 1. The third-order valence-corrected chi connectivity index (χ3v) is 1.38. The second-order valence-corrected chi connectivity index (χ2v) is 2.12. The first-order valence-electron chi connectivity index (χ1n) is 2.89. The maximum absolute atomic E-state index is 11.7. The average Bonchev–Trinajstić information content (AvgIpc) is 2.11. The van der Waals surface area contributed by atoms with E-state index >= 15 is 0 Å². The fourth-order valence-corrected chi connectivity index (χ4v) is 0.916. The van der Waals surface area contributed by atoms with Crippen molar-refractivity contribution in [2.24, 2.45) is 0 Å². The van der Waals surface area contributed by atoms with E-state index in [0.29, 0.717) is 6.42 Å². The van der Waals surface area contributed by atoms with Crippen LogP contribution < -0.4 is 0 Å². The topological polar surface area (TPSA) is 20.3 Å². The van der Waals surface area contributed by atoms with E-state index in [1.54, 1.807) is 0 Å². The molecule has 1 rings (SSSR count). The van der Waals surface area contributed by atoms with E-state index in [1.165, 1.54) is 0 Å². The van der Waals surface area contributed by atoms with Gasteiger partial charge in [0.15, 0.2) is 0 Å². The first kappa shape index (κ1) is 7.37. The van der Waals surface area contributed by atoms with Crippen LogP contribution in [0.2, 0.25) is 0 Å². The Hall–Kier alpha value is -0.740. The molecule has 1 amide bonds. The van der Waals surface area contributed by atoms with E-state index in [9.17, 15) is 18.0 Å². The van der Waals surface area contributed by atoms with E-state index < -0.39 is 12.2 Å². The summed E-state index contributed by atoms with van der Waals surface area (Å²) >= 11 is 0. The average molecular weight is 153 g/mol. The molecule has 0 radical (unpaired) electrons. The molecule has 5 heteroatoms. The number of carbonyl (C=O) groups is 1. The number of halogens is 3. The number of rotatable bonds is 0. The summed E-state index contributed by atoms with van der Waals surface area (Å²) in [5.74, 6) is -0.812. The van der Waals surface area contributed by atoms with Crippen molar-refractivity contribution >= 4 is 5.91 Å². The zero-order chi connectivity index (χ0) is 7.78. The number of amides is 1. The molecule has 0 saturated carbocycles. The zero-order valence-electron chi connectivity index (χ0n) is 5.11. The first-order chi connectivity index (χ1) is 4.52. The van der Waals surface area contributed by atoms with Gasteiger partial charge >= 0.3 is 6.30 Å². The summed E-state index contributed by atoms with van der Waals surface area (Å²) < 4.78 is 35.1. The highest BCUT2D eigenvalue weighted by Gasteiger charge is 2.42. The van der Waals surface area contributed by atoms with Crippen molar-refractivity contribution in [3.8, 4) is 0 Å². The Balaban J connectivity index is 2.64. The van der Waals surface area contributed by atoms with Crippen molar-refractivity contribution in [2.45, 2.75) is 19.1 Å². The number of nitrogens with zero attached hydrogens (tertiary/aromatic N) is 1. The number of likely N-dealkylation sites (tertiary alicyclic amines) is 1. The number of hydrogen-bond acceptors (Lipinski definition) is 1. The summed E-state index contributed by atoms with van der Waals surface area (Å²) in [4.78, 5) is 10.4. The van der Waals surface area contributed by atoms with E-state index in [1.807, 2.05) is 0 Å². The maximum atomic E-state index is 11.7. The molecule has 0 aromatic rings. The maximum Gasteiger partial charge on any atom is 0.487 e. The summed E-state index contributed by atoms with van der Waals surface area (Å²) in [6.45, 7) is -0.178. The molecule has 1 aliphatic rings. The van der Waals surface area contributed by atoms with Crippen LogP contribution in [0.15, 0.2) is 0 Å². The highest BCUT2D eigenvalue weighted by Crippen LogP contribution is 2.26. The standard InChI is InChI=1S/C5H6F3NO/c6-5(7,8)9-3-1-2-4(9)10/h1-3H2. The Bertz CT molecular complexity index is 153. The second kappa shape index (κ2) is 2.14. The van der Waals surface area contributed by atoms with Gasteiger partial charge in [-0.05, 0) is 6.42 Å². The van der Waals surface area contributed by atoms with Crippen molar-refractivity contribution in [2.75, 3.05) is 6.54 Å². The highest BCUT2D eigenvalue weighted by atomic mass is 19.4. The van der Waals surface area contributed by atoms with Crippen LogP contribution >= 0.6 is 0 Å². The Labute approximate surface area is 55.6 Å². The van der Waals surface area contributed by atoms with Crippen molar-refractivity contribution in [3.05, 3.63) is 0 Å². The van der Waals surface area contributed by atoms with Gasteiger partial charge in [-0.1, -0.05) is 0 Å². The second-order valence-electron chi connectivity index (χ2n) is 2.12. The Kier molecular flexibility index (Phi) is 1.58. The normalized spacial score (nSPS) is 20.3. The minimum atomic E-state index is -4.46. The van der Waals surface area contributed by atoms with Crippen LogP contribution in [0.25, 0.3) is 0 Å². The molecule has 2 nitrogen and oxygen atoms in total.